The van der Waals surface area contributed by atoms with E-state index in [1.54, 1.807) is 12.3 Å². The summed E-state index contributed by atoms with van der Waals surface area (Å²) < 4.78 is 5.39. The summed E-state index contributed by atoms with van der Waals surface area (Å²) in [6, 6.07) is 9.86. The summed E-state index contributed by atoms with van der Waals surface area (Å²) in [7, 11) is 0. The van der Waals surface area contributed by atoms with Gasteiger partial charge in [0, 0.05) is 24.6 Å². The van der Waals surface area contributed by atoms with Crippen molar-refractivity contribution in [1.82, 2.24) is 0 Å². The molecule has 1 amide bonds. The molecular formula is C17H20N2O2. The molecule has 1 aromatic carbocycles. The van der Waals surface area contributed by atoms with Gasteiger partial charge < -0.3 is 15.1 Å². The number of aryl methyl sites for hydroxylation is 1. The van der Waals surface area contributed by atoms with Crippen LogP contribution in [-0.2, 0) is 6.42 Å². The number of amides is 1. The minimum absolute atomic E-state index is 0.0209. The third-order valence-electron chi connectivity index (χ3n) is 4.13. The molecule has 0 radical (unpaired) electrons. The number of carbonyl (C=O) groups is 1. The topological polar surface area (TPSA) is 59.5 Å². The standard InChI is InChI=1S/C17H20N2O2/c1-2-16-14(8-10-21-16)17(20)19-11-12(7-9-18)13-5-3-4-6-15(13)19/h3-6,8,10,12H,2,7,9,11,18H2,1H3. The second kappa shape index (κ2) is 5.74. The number of rotatable bonds is 4. The lowest BCUT2D eigenvalue weighted by Gasteiger charge is -2.17. The first-order valence-corrected chi connectivity index (χ1v) is 7.43. The maximum Gasteiger partial charge on any atom is 0.261 e. The lowest BCUT2D eigenvalue weighted by Crippen LogP contribution is -2.30. The number of para-hydroxylation sites is 1. The molecule has 0 spiro atoms. The smallest absolute Gasteiger partial charge is 0.261 e. The molecule has 0 fully saturated rings. The molecule has 2 N–H and O–H groups in total. The number of benzene rings is 1. The van der Waals surface area contributed by atoms with Gasteiger partial charge in [-0.25, -0.2) is 0 Å². The minimum atomic E-state index is 0.0209. The zero-order valence-electron chi connectivity index (χ0n) is 12.2. The highest BCUT2D eigenvalue weighted by Gasteiger charge is 2.33. The van der Waals surface area contributed by atoms with Gasteiger partial charge in [-0.05, 0) is 30.7 Å². The van der Waals surface area contributed by atoms with Gasteiger partial charge in [-0.1, -0.05) is 25.1 Å². The van der Waals surface area contributed by atoms with Crippen LogP contribution in [0.4, 0.5) is 5.69 Å². The number of nitrogens with two attached hydrogens (primary N) is 1. The first kappa shape index (κ1) is 13.9. The van der Waals surface area contributed by atoms with Crippen LogP contribution in [0.25, 0.3) is 0 Å². The quantitative estimate of drug-likeness (QED) is 0.939. The van der Waals surface area contributed by atoms with Crippen LogP contribution in [0.3, 0.4) is 0 Å². The minimum Gasteiger partial charge on any atom is -0.469 e. The van der Waals surface area contributed by atoms with Crippen LogP contribution >= 0.6 is 0 Å². The molecule has 2 aromatic rings. The molecule has 1 aliphatic rings. The van der Waals surface area contributed by atoms with Crippen LogP contribution in [0.15, 0.2) is 41.0 Å². The van der Waals surface area contributed by atoms with Gasteiger partial charge in [0.25, 0.3) is 5.91 Å². The molecule has 110 valence electrons. The number of nitrogens with zero attached hydrogens (tertiary/aromatic N) is 1. The van der Waals surface area contributed by atoms with Crippen molar-refractivity contribution in [3.05, 3.63) is 53.5 Å². The summed E-state index contributed by atoms with van der Waals surface area (Å²) >= 11 is 0. The molecule has 3 rings (SSSR count). The molecule has 2 heterocycles. The van der Waals surface area contributed by atoms with Gasteiger partial charge >= 0.3 is 0 Å². The highest BCUT2D eigenvalue weighted by Crippen LogP contribution is 2.38. The van der Waals surface area contributed by atoms with E-state index in [4.69, 9.17) is 10.2 Å². The Kier molecular flexibility index (Phi) is 3.80. The Morgan fingerprint density at radius 1 is 1.38 bits per heavy atom. The Bertz CT molecular complexity index is 648. The van der Waals surface area contributed by atoms with E-state index in [0.29, 0.717) is 24.6 Å². The van der Waals surface area contributed by atoms with Crippen LogP contribution in [0, 0.1) is 0 Å². The van der Waals surface area contributed by atoms with Gasteiger partial charge in [-0.3, -0.25) is 4.79 Å². The predicted octanol–water partition coefficient (Wildman–Crippen LogP) is 2.93. The SMILES string of the molecule is CCc1occc1C(=O)N1CC(CCN)c2ccccc21. The third kappa shape index (κ3) is 2.36. The summed E-state index contributed by atoms with van der Waals surface area (Å²) in [6.07, 6.45) is 3.20. The fourth-order valence-corrected chi connectivity index (χ4v) is 3.09. The van der Waals surface area contributed by atoms with Gasteiger partial charge in [0.15, 0.2) is 0 Å². The van der Waals surface area contributed by atoms with Crippen molar-refractivity contribution in [1.29, 1.82) is 0 Å². The molecule has 4 heteroatoms. The molecule has 1 unspecified atom stereocenters. The lowest BCUT2D eigenvalue weighted by atomic mass is 9.98. The second-order valence-electron chi connectivity index (χ2n) is 5.36. The van der Waals surface area contributed by atoms with E-state index in [2.05, 4.69) is 6.07 Å². The van der Waals surface area contributed by atoms with E-state index in [9.17, 15) is 4.79 Å². The first-order chi connectivity index (χ1) is 10.3. The van der Waals surface area contributed by atoms with Crippen LogP contribution in [0.1, 0.15) is 40.9 Å². The summed E-state index contributed by atoms with van der Waals surface area (Å²) in [4.78, 5) is 14.7. The number of furan rings is 1. The third-order valence-corrected chi connectivity index (χ3v) is 4.13. The molecule has 1 aromatic heterocycles. The van der Waals surface area contributed by atoms with Crippen molar-refractivity contribution in [3.8, 4) is 0 Å². The Morgan fingerprint density at radius 3 is 2.95 bits per heavy atom. The molecule has 0 aliphatic carbocycles. The van der Waals surface area contributed by atoms with Crippen molar-refractivity contribution in [3.63, 3.8) is 0 Å². The summed E-state index contributed by atoms with van der Waals surface area (Å²) in [6.45, 7) is 3.32. The number of hydrogen-bond acceptors (Lipinski definition) is 3. The Morgan fingerprint density at radius 2 is 2.19 bits per heavy atom. The normalized spacial score (nSPS) is 17.0. The lowest BCUT2D eigenvalue weighted by molar-refractivity contribution is 0.0986. The molecule has 0 saturated carbocycles. The Hall–Kier alpha value is -2.07. The van der Waals surface area contributed by atoms with E-state index in [1.165, 1.54) is 5.56 Å². The molecule has 0 saturated heterocycles. The van der Waals surface area contributed by atoms with Crippen LogP contribution in [-0.4, -0.2) is 19.0 Å². The Labute approximate surface area is 124 Å². The van der Waals surface area contributed by atoms with E-state index in [0.717, 1.165) is 24.3 Å². The van der Waals surface area contributed by atoms with Gasteiger partial charge in [-0.15, -0.1) is 0 Å². The maximum absolute atomic E-state index is 12.8. The van der Waals surface area contributed by atoms with E-state index < -0.39 is 0 Å². The zero-order valence-corrected chi connectivity index (χ0v) is 12.2. The monoisotopic (exact) mass is 284 g/mol. The number of carbonyl (C=O) groups excluding carboxylic acids is 1. The largest absolute Gasteiger partial charge is 0.469 e. The van der Waals surface area contributed by atoms with E-state index in [-0.39, 0.29) is 5.91 Å². The average molecular weight is 284 g/mol. The second-order valence-corrected chi connectivity index (χ2v) is 5.36. The van der Waals surface area contributed by atoms with Gasteiger partial charge in [0.1, 0.15) is 5.76 Å². The maximum atomic E-state index is 12.8. The fraction of sp³-hybridized carbons (Fsp3) is 0.353. The van der Waals surface area contributed by atoms with Gasteiger partial charge in [0.05, 0.1) is 11.8 Å². The molecule has 0 bridgehead atoms. The zero-order chi connectivity index (χ0) is 14.8. The highest BCUT2D eigenvalue weighted by molar-refractivity contribution is 6.08. The number of anilines is 1. The highest BCUT2D eigenvalue weighted by atomic mass is 16.3. The molecule has 1 atom stereocenters. The van der Waals surface area contributed by atoms with Gasteiger partial charge in [0.2, 0.25) is 0 Å². The van der Waals surface area contributed by atoms with Crippen molar-refractivity contribution in [2.24, 2.45) is 5.73 Å². The van der Waals surface area contributed by atoms with Crippen LogP contribution in [0.2, 0.25) is 0 Å². The van der Waals surface area contributed by atoms with Crippen molar-refractivity contribution in [2.75, 3.05) is 18.0 Å². The van der Waals surface area contributed by atoms with Crippen LogP contribution < -0.4 is 10.6 Å². The summed E-state index contributed by atoms with van der Waals surface area (Å²) in [5, 5.41) is 0. The van der Waals surface area contributed by atoms with E-state index in [1.807, 2.05) is 30.0 Å². The van der Waals surface area contributed by atoms with Gasteiger partial charge in [-0.2, -0.15) is 0 Å². The number of hydrogen-bond donors (Lipinski definition) is 1. The molecule has 21 heavy (non-hydrogen) atoms. The van der Waals surface area contributed by atoms with Crippen molar-refractivity contribution >= 4 is 11.6 Å². The van der Waals surface area contributed by atoms with Crippen molar-refractivity contribution < 1.29 is 9.21 Å². The van der Waals surface area contributed by atoms with E-state index >= 15 is 0 Å². The Balaban J connectivity index is 1.95. The van der Waals surface area contributed by atoms with Crippen molar-refractivity contribution in [2.45, 2.75) is 25.7 Å². The summed E-state index contributed by atoms with van der Waals surface area (Å²) in [5.74, 6) is 1.10. The van der Waals surface area contributed by atoms with Crippen LogP contribution in [0.5, 0.6) is 0 Å². The molecule has 1 aliphatic heterocycles. The number of fused-ring (bicyclic) bond motifs is 1. The fourth-order valence-electron chi connectivity index (χ4n) is 3.09. The summed E-state index contributed by atoms with van der Waals surface area (Å²) in [5.41, 5.74) is 8.60. The predicted molar refractivity (Wildman–Crippen MR) is 82.6 cm³/mol. The average Bonchev–Trinajstić information content (AvgIpc) is 3.12. The molecular weight excluding hydrogens is 264 g/mol. The molecule has 4 nitrogen and oxygen atoms in total. The first-order valence-electron chi connectivity index (χ1n) is 7.43.